The summed E-state index contributed by atoms with van der Waals surface area (Å²) >= 11 is 0. The fraction of sp³-hybridized carbons (Fsp3) is 0.467. The average molecular weight is 500 g/mol. The lowest BCUT2D eigenvalue weighted by molar-refractivity contribution is -0.144. The molecule has 3 fully saturated rings. The Labute approximate surface area is 217 Å². The molecule has 0 spiro atoms. The second-order valence-electron chi connectivity index (χ2n) is 10.4. The Hall–Kier alpha value is -3.66. The molecule has 1 aromatic carbocycles. The topological polar surface area (TPSA) is 101 Å². The summed E-state index contributed by atoms with van der Waals surface area (Å²) in [6.45, 7) is 4.16. The van der Waals surface area contributed by atoms with E-state index in [1.54, 1.807) is 13.1 Å². The van der Waals surface area contributed by atoms with Gasteiger partial charge in [0.05, 0.1) is 29.9 Å². The zero-order valence-electron chi connectivity index (χ0n) is 21.3. The third-order valence-corrected chi connectivity index (χ3v) is 8.38. The van der Waals surface area contributed by atoms with Gasteiger partial charge in [0.15, 0.2) is 0 Å². The summed E-state index contributed by atoms with van der Waals surface area (Å²) in [4.78, 5) is 29.3. The number of hydrogen-bond donors (Lipinski definition) is 1. The Kier molecular flexibility index (Phi) is 7.27. The van der Waals surface area contributed by atoms with E-state index in [4.69, 9.17) is 9.47 Å². The van der Waals surface area contributed by atoms with E-state index in [0.717, 1.165) is 42.5 Å². The molecule has 37 heavy (non-hydrogen) atoms. The number of amides is 1. The molecule has 2 aromatic rings. The maximum atomic E-state index is 12.7. The van der Waals surface area contributed by atoms with Crippen molar-refractivity contribution in [1.29, 1.82) is 5.26 Å². The van der Waals surface area contributed by atoms with Crippen LogP contribution in [0.1, 0.15) is 50.8 Å². The number of rotatable bonds is 5. The summed E-state index contributed by atoms with van der Waals surface area (Å²) < 4.78 is 10.8. The van der Waals surface area contributed by atoms with Crippen molar-refractivity contribution in [2.45, 2.75) is 51.7 Å². The molecule has 1 aromatic heterocycles. The molecule has 0 unspecified atom stereocenters. The van der Waals surface area contributed by atoms with Crippen LogP contribution in [-0.4, -0.2) is 35.8 Å². The van der Waals surface area contributed by atoms with Crippen molar-refractivity contribution in [3.05, 3.63) is 59.9 Å². The minimum atomic E-state index is -0.364. The molecule has 2 aliphatic carbocycles. The second-order valence-corrected chi connectivity index (χ2v) is 10.4. The first-order valence-corrected chi connectivity index (χ1v) is 13.3. The van der Waals surface area contributed by atoms with Crippen molar-refractivity contribution in [2.24, 2.45) is 29.6 Å². The quantitative estimate of drug-likeness (QED) is 0.556. The van der Waals surface area contributed by atoms with Crippen molar-refractivity contribution in [3.8, 4) is 17.2 Å². The Morgan fingerprint density at radius 3 is 2.84 bits per heavy atom. The van der Waals surface area contributed by atoms with E-state index in [2.05, 4.69) is 28.5 Å². The molecule has 1 N–H and O–H groups in total. The standard InChI is InChI=1S/C30H33N3O4/c1-3-36-30(35)33-23-11-12-25-21(14-23)15-27-28(18(2)37-29(27)34)26(25)13-10-22-9-8-20(17-32-22)24-7-5-4-6-19(24)16-31/h4-10,13,17-18,21,23,25-28H,3,11-12,14-15H2,1-2H3,(H,33,35)/b13-10+/t18-,21+,23+,25-,26+,27-,28+/m1/s1. The number of carbonyl (C=O) groups is 2. The maximum absolute atomic E-state index is 12.7. The minimum absolute atomic E-state index is 0.0711. The van der Waals surface area contributed by atoms with E-state index in [-0.39, 0.29) is 42.0 Å². The molecule has 0 radical (unpaired) electrons. The van der Waals surface area contributed by atoms with E-state index in [1.165, 1.54) is 0 Å². The van der Waals surface area contributed by atoms with E-state index >= 15 is 0 Å². The first-order valence-electron chi connectivity index (χ1n) is 13.3. The number of cyclic esters (lactones) is 1. The van der Waals surface area contributed by atoms with Crippen LogP contribution in [0.2, 0.25) is 0 Å². The Morgan fingerprint density at radius 2 is 2.08 bits per heavy atom. The zero-order chi connectivity index (χ0) is 25.9. The second kappa shape index (κ2) is 10.8. The molecule has 1 aliphatic heterocycles. The van der Waals surface area contributed by atoms with Crippen molar-refractivity contribution in [1.82, 2.24) is 10.3 Å². The lowest BCUT2D eigenvalue weighted by Crippen LogP contribution is -2.48. The summed E-state index contributed by atoms with van der Waals surface area (Å²) in [6, 6.07) is 13.8. The van der Waals surface area contributed by atoms with E-state index in [0.29, 0.717) is 24.0 Å². The number of allylic oxidation sites excluding steroid dienone is 1. The summed E-state index contributed by atoms with van der Waals surface area (Å²) in [5.74, 6) is 0.929. The van der Waals surface area contributed by atoms with Gasteiger partial charge < -0.3 is 14.8 Å². The third-order valence-electron chi connectivity index (χ3n) is 8.38. The van der Waals surface area contributed by atoms with Crippen LogP contribution < -0.4 is 5.32 Å². The highest BCUT2D eigenvalue weighted by Crippen LogP contribution is 2.53. The third kappa shape index (κ3) is 5.11. The number of ether oxygens (including phenoxy) is 2. The number of pyridine rings is 1. The summed E-state index contributed by atoms with van der Waals surface area (Å²) in [7, 11) is 0. The first-order chi connectivity index (χ1) is 18.0. The summed E-state index contributed by atoms with van der Waals surface area (Å²) in [6.07, 6.45) is 9.17. The molecule has 7 nitrogen and oxygen atoms in total. The normalized spacial score (nSPS) is 30.6. The summed E-state index contributed by atoms with van der Waals surface area (Å²) in [5.41, 5.74) is 3.24. The van der Waals surface area contributed by atoms with Crippen LogP contribution in [0, 0.1) is 40.9 Å². The number of hydrogen-bond acceptors (Lipinski definition) is 6. The first kappa shape index (κ1) is 25.0. The lowest BCUT2D eigenvalue weighted by Gasteiger charge is -2.47. The molecule has 1 saturated heterocycles. The van der Waals surface area contributed by atoms with Crippen LogP contribution in [0.15, 0.2) is 48.7 Å². The van der Waals surface area contributed by atoms with Gasteiger partial charge in [-0.3, -0.25) is 9.78 Å². The number of aromatic nitrogens is 1. The highest BCUT2D eigenvalue weighted by atomic mass is 16.6. The molecule has 192 valence electrons. The van der Waals surface area contributed by atoms with Crippen LogP contribution >= 0.6 is 0 Å². The lowest BCUT2D eigenvalue weighted by atomic mass is 9.57. The van der Waals surface area contributed by atoms with Crippen molar-refractivity contribution in [2.75, 3.05) is 6.61 Å². The highest BCUT2D eigenvalue weighted by Gasteiger charge is 2.54. The number of esters is 1. The Balaban J connectivity index is 1.35. The number of nitrogens with zero attached hydrogens (tertiary/aromatic N) is 2. The molecule has 7 atom stereocenters. The van der Waals surface area contributed by atoms with Crippen LogP contribution in [0.3, 0.4) is 0 Å². The van der Waals surface area contributed by atoms with Gasteiger partial charge in [0.25, 0.3) is 0 Å². The van der Waals surface area contributed by atoms with Gasteiger partial charge >= 0.3 is 12.1 Å². The predicted octanol–water partition coefficient (Wildman–Crippen LogP) is 5.36. The van der Waals surface area contributed by atoms with E-state index in [9.17, 15) is 14.9 Å². The number of nitrogens with one attached hydrogen (secondary N) is 1. The fourth-order valence-electron chi connectivity index (χ4n) is 6.79. The molecule has 5 rings (SSSR count). The molecule has 2 saturated carbocycles. The van der Waals surface area contributed by atoms with Crippen LogP contribution in [0.4, 0.5) is 4.79 Å². The molecule has 3 aliphatic rings. The fourth-order valence-corrected chi connectivity index (χ4v) is 6.79. The number of fused-ring (bicyclic) bond motifs is 2. The number of benzene rings is 1. The van der Waals surface area contributed by atoms with Gasteiger partial charge in [0.2, 0.25) is 0 Å². The van der Waals surface area contributed by atoms with Gasteiger partial charge in [-0.15, -0.1) is 0 Å². The number of carbonyl (C=O) groups excluding carboxylic acids is 2. The number of nitriles is 1. The van der Waals surface area contributed by atoms with Gasteiger partial charge in [-0.1, -0.05) is 30.3 Å². The molecular weight excluding hydrogens is 466 g/mol. The molecular formula is C30H33N3O4. The molecule has 2 heterocycles. The molecule has 1 amide bonds. The zero-order valence-corrected chi connectivity index (χ0v) is 21.3. The SMILES string of the molecule is CCOC(=O)N[C@H]1CC[C@@H]2[C@@H](C1)C[C@H]1C(=O)O[C@H](C)[C@H]1[C@H]2/C=C/c1ccc(-c2ccccc2C#N)cn1. The van der Waals surface area contributed by atoms with Crippen molar-refractivity contribution >= 4 is 18.1 Å². The highest BCUT2D eigenvalue weighted by molar-refractivity contribution is 5.76. The van der Waals surface area contributed by atoms with Gasteiger partial charge in [-0.2, -0.15) is 5.26 Å². The maximum Gasteiger partial charge on any atom is 0.407 e. The smallest absolute Gasteiger partial charge is 0.407 e. The molecule has 0 bridgehead atoms. The monoisotopic (exact) mass is 499 g/mol. The van der Waals surface area contributed by atoms with Gasteiger partial charge in [-0.25, -0.2) is 4.79 Å². The molecule has 7 heteroatoms. The average Bonchev–Trinajstić information content (AvgIpc) is 3.19. The van der Waals surface area contributed by atoms with Gasteiger partial charge in [-0.05, 0) is 75.5 Å². The van der Waals surface area contributed by atoms with Crippen LogP contribution in [0.5, 0.6) is 0 Å². The van der Waals surface area contributed by atoms with Crippen LogP contribution in [0.25, 0.3) is 17.2 Å². The summed E-state index contributed by atoms with van der Waals surface area (Å²) in [5, 5.41) is 12.4. The van der Waals surface area contributed by atoms with Gasteiger partial charge in [0, 0.05) is 29.3 Å². The van der Waals surface area contributed by atoms with Crippen molar-refractivity contribution < 1.29 is 19.1 Å². The number of alkyl carbamates (subject to hydrolysis) is 1. The van der Waals surface area contributed by atoms with Gasteiger partial charge in [0.1, 0.15) is 6.10 Å². The van der Waals surface area contributed by atoms with Crippen molar-refractivity contribution in [3.63, 3.8) is 0 Å². The van der Waals surface area contributed by atoms with E-state index in [1.807, 2.05) is 43.3 Å². The van der Waals surface area contributed by atoms with E-state index < -0.39 is 0 Å². The predicted molar refractivity (Wildman–Crippen MR) is 139 cm³/mol. The minimum Gasteiger partial charge on any atom is -0.462 e. The van der Waals surface area contributed by atoms with Crippen LogP contribution in [-0.2, 0) is 14.3 Å². The largest absolute Gasteiger partial charge is 0.462 e. The Morgan fingerprint density at radius 1 is 1.24 bits per heavy atom. The Bertz CT molecular complexity index is 1220.